The number of hydrogen-bond acceptors (Lipinski definition) is 4. The van der Waals surface area contributed by atoms with Crippen molar-refractivity contribution in [2.24, 2.45) is 0 Å². The number of carbonyl (C=O) groups is 1. The van der Waals surface area contributed by atoms with Gasteiger partial charge in [-0.1, -0.05) is 36.4 Å². The summed E-state index contributed by atoms with van der Waals surface area (Å²) >= 11 is 0. The average Bonchev–Trinajstić information content (AvgIpc) is 2.65. The van der Waals surface area contributed by atoms with Gasteiger partial charge in [-0.2, -0.15) is 0 Å². The molecule has 0 aliphatic carbocycles. The summed E-state index contributed by atoms with van der Waals surface area (Å²) in [5.41, 5.74) is 2.08. The molecule has 146 valence electrons. The molecular formula is C22H30N2O3. The largest absolute Gasteiger partial charge is 0.507 e. The van der Waals surface area contributed by atoms with E-state index in [1.807, 2.05) is 32.0 Å². The van der Waals surface area contributed by atoms with Crippen molar-refractivity contribution >= 4 is 5.91 Å². The van der Waals surface area contributed by atoms with E-state index in [9.17, 15) is 15.0 Å². The minimum Gasteiger partial charge on any atom is -0.507 e. The molecule has 0 fully saturated rings. The van der Waals surface area contributed by atoms with Gasteiger partial charge >= 0.3 is 0 Å². The second-order valence-electron chi connectivity index (χ2n) is 7.25. The number of phenols is 1. The van der Waals surface area contributed by atoms with Crippen LogP contribution in [0.2, 0.25) is 0 Å². The molecule has 0 aliphatic heterocycles. The third-order valence-corrected chi connectivity index (χ3v) is 4.44. The van der Waals surface area contributed by atoms with Gasteiger partial charge in [-0.3, -0.25) is 4.79 Å². The van der Waals surface area contributed by atoms with Gasteiger partial charge in [0.15, 0.2) is 0 Å². The number of hydrogen-bond donors (Lipinski definition) is 4. The molecule has 2 aromatic carbocycles. The SMILES string of the molecule is CC(C)NC(=O)c1cc(C(O)CNC(C)CCc2ccccc2)ccc1O. The zero-order chi connectivity index (χ0) is 19.8. The molecule has 27 heavy (non-hydrogen) atoms. The van der Waals surface area contributed by atoms with Crippen molar-refractivity contribution in [3.8, 4) is 5.75 Å². The topological polar surface area (TPSA) is 81.6 Å². The van der Waals surface area contributed by atoms with Crippen LogP contribution in [0.1, 0.15) is 54.8 Å². The van der Waals surface area contributed by atoms with Crippen LogP contribution in [0.15, 0.2) is 48.5 Å². The number of aliphatic hydroxyl groups is 1. The first kappa shape index (κ1) is 20.9. The summed E-state index contributed by atoms with van der Waals surface area (Å²) < 4.78 is 0. The first-order chi connectivity index (χ1) is 12.9. The van der Waals surface area contributed by atoms with Gasteiger partial charge in [0.05, 0.1) is 11.7 Å². The van der Waals surface area contributed by atoms with Crippen LogP contribution in [-0.2, 0) is 6.42 Å². The van der Waals surface area contributed by atoms with Gasteiger partial charge in [0.1, 0.15) is 5.75 Å². The van der Waals surface area contributed by atoms with Crippen LogP contribution in [0.25, 0.3) is 0 Å². The minimum absolute atomic E-state index is 0.0300. The number of carbonyl (C=O) groups excluding carboxylic acids is 1. The highest BCUT2D eigenvalue weighted by Gasteiger charge is 2.16. The fourth-order valence-corrected chi connectivity index (χ4v) is 2.84. The van der Waals surface area contributed by atoms with Gasteiger partial charge in [-0.05, 0) is 56.9 Å². The Hall–Kier alpha value is -2.37. The van der Waals surface area contributed by atoms with Crippen LogP contribution >= 0.6 is 0 Å². The maximum Gasteiger partial charge on any atom is 0.255 e. The lowest BCUT2D eigenvalue weighted by molar-refractivity contribution is 0.0940. The second-order valence-corrected chi connectivity index (χ2v) is 7.25. The van der Waals surface area contributed by atoms with E-state index in [0.29, 0.717) is 12.1 Å². The molecule has 4 N–H and O–H groups in total. The molecule has 1 amide bonds. The average molecular weight is 370 g/mol. The number of phenolic OH excluding ortho intramolecular Hbond substituents is 1. The van der Waals surface area contributed by atoms with E-state index in [2.05, 4.69) is 29.7 Å². The fraction of sp³-hybridized carbons (Fsp3) is 0.409. The molecular weight excluding hydrogens is 340 g/mol. The highest BCUT2D eigenvalue weighted by atomic mass is 16.3. The number of nitrogens with one attached hydrogen (secondary N) is 2. The zero-order valence-corrected chi connectivity index (χ0v) is 16.3. The molecule has 2 rings (SSSR count). The maximum atomic E-state index is 12.2. The number of benzene rings is 2. The molecule has 0 heterocycles. The molecule has 5 nitrogen and oxygen atoms in total. The Bertz CT molecular complexity index is 732. The molecule has 2 aromatic rings. The molecule has 0 saturated heterocycles. The van der Waals surface area contributed by atoms with Crippen LogP contribution in [-0.4, -0.2) is 34.7 Å². The first-order valence-corrected chi connectivity index (χ1v) is 9.46. The summed E-state index contributed by atoms with van der Waals surface area (Å²) in [5, 5.41) is 26.5. The Kier molecular flexibility index (Phi) is 7.82. The molecule has 0 spiro atoms. The van der Waals surface area contributed by atoms with Crippen molar-refractivity contribution in [3.05, 3.63) is 65.2 Å². The standard InChI is InChI=1S/C22H30N2O3/c1-15(2)24-22(27)19-13-18(11-12-20(19)25)21(26)14-23-16(3)9-10-17-7-5-4-6-8-17/h4-8,11-13,15-16,21,23,25-26H,9-10,14H2,1-3H3,(H,24,27). The van der Waals surface area contributed by atoms with Gasteiger partial charge < -0.3 is 20.8 Å². The molecule has 5 heteroatoms. The van der Waals surface area contributed by atoms with E-state index in [-0.39, 0.29) is 29.3 Å². The van der Waals surface area contributed by atoms with E-state index in [1.54, 1.807) is 12.1 Å². The van der Waals surface area contributed by atoms with Crippen molar-refractivity contribution in [3.63, 3.8) is 0 Å². The van der Waals surface area contributed by atoms with Gasteiger partial charge in [0.2, 0.25) is 0 Å². The quantitative estimate of drug-likeness (QED) is 0.546. The summed E-state index contributed by atoms with van der Waals surface area (Å²) in [5.74, 6) is -0.436. The van der Waals surface area contributed by atoms with Gasteiger partial charge in [-0.25, -0.2) is 0 Å². The third-order valence-electron chi connectivity index (χ3n) is 4.44. The Labute approximate surface area is 161 Å². The highest BCUT2D eigenvalue weighted by molar-refractivity contribution is 5.97. The number of aliphatic hydroxyl groups excluding tert-OH is 1. The van der Waals surface area contributed by atoms with E-state index in [1.165, 1.54) is 11.6 Å². The summed E-state index contributed by atoms with van der Waals surface area (Å²) in [6.07, 6.45) is 1.19. The Morgan fingerprint density at radius 2 is 1.78 bits per heavy atom. The number of rotatable bonds is 9. The molecule has 0 aliphatic rings. The lowest BCUT2D eigenvalue weighted by Gasteiger charge is -2.18. The van der Waals surface area contributed by atoms with Crippen molar-refractivity contribution in [2.75, 3.05) is 6.54 Å². The molecule has 0 saturated carbocycles. The molecule has 2 unspecified atom stereocenters. The minimum atomic E-state index is -0.754. The van der Waals surface area contributed by atoms with E-state index >= 15 is 0 Å². The lowest BCUT2D eigenvalue weighted by Crippen LogP contribution is -2.31. The summed E-state index contributed by atoms with van der Waals surface area (Å²) in [4.78, 5) is 12.2. The van der Waals surface area contributed by atoms with Crippen molar-refractivity contribution < 1.29 is 15.0 Å². The normalized spacial score (nSPS) is 13.4. The van der Waals surface area contributed by atoms with Crippen LogP contribution in [0.4, 0.5) is 0 Å². The molecule has 2 atom stereocenters. The highest BCUT2D eigenvalue weighted by Crippen LogP contribution is 2.22. The second kappa shape index (κ2) is 10.1. The Morgan fingerprint density at radius 1 is 1.07 bits per heavy atom. The van der Waals surface area contributed by atoms with Gasteiger partial charge in [0.25, 0.3) is 5.91 Å². The Balaban J connectivity index is 1.89. The summed E-state index contributed by atoms with van der Waals surface area (Å²) in [6.45, 7) is 6.18. The smallest absolute Gasteiger partial charge is 0.255 e. The lowest BCUT2D eigenvalue weighted by atomic mass is 10.0. The Morgan fingerprint density at radius 3 is 2.44 bits per heavy atom. The van der Waals surface area contributed by atoms with Crippen LogP contribution in [0.3, 0.4) is 0 Å². The molecule has 0 bridgehead atoms. The van der Waals surface area contributed by atoms with Crippen LogP contribution in [0, 0.1) is 0 Å². The van der Waals surface area contributed by atoms with Crippen molar-refractivity contribution in [1.29, 1.82) is 0 Å². The number of aryl methyl sites for hydroxylation is 1. The summed E-state index contributed by atoms with van der Waals surface area (Å²) in [7, 11) is 0. The molecule has 0 radical (unpaired) electrons. The van der Waals surface area contributed by atoms with Crippen molar-refractivity contribution in [1.82, 2.24) is 10.6 Å². The first-order valence-electron chi connectivity index (χ1n) is 9.46. The predicted molar refractivity (Wildman–Crippen MR) is 108 cm³/mol. The fourth-order valence-electron chi connectivity index (χ4n) is 2.84. The van der Waals surface area contributed by atoms with Gasteiger partial charge in [-0.15, -0.1) is 0 Å². The molecule has 0 aromatic heterocycles. The van der Waals surface area contributed by atoms with E-state index < -0.39 is 6.10 Å². The summed E-state index contributed by atoms with van der Waals surface area (Å²) in [6, 6.07) is 15.2. The van der Waals surface area contributed by atoms with Crippen LogP contribution < -0.4 is 10.6 Å². The predicted octanol–water partition coefficient (Wildman–Crippen LogP) is 3.17. The number of aromatic hydroxyl groups is 1. The zero-order valence-electron chi connectivity index (χ0n) is 16.3. The van der Waals surface area contributed by atoms with E-state index in [0.717, 1.165) is 12.8 Å². The number of amides is 1. The van der Waals surface area contributed by atoms with Gasteiger partial charge in [0, 0.05) is 18.6 Å². The van der Waals surface area contributed by atoms with Crippen LogP contribution in [0.5, 0.6) is 5.75 Å². The van der Waals surface area contributed by atoms with Crippen molar-refractivity contribution in [2.45, 2.75) is 51.8 Å². The monoisotopic (exact) mass is 370 g/mol. The van der Waals surface area contributed by atoms with E-state index in [4.69, 9.17) is 0 Å². The maximum absolute atomic E-state index is 12.2. The third kappa shape index (κ3) is 6.70.